The molecule has 2 atom stereocenters. The van der Waals surface area contributed by atoms with Crippen molar-refractivity contribution in [3.05, 3.63) is 29.8 Å². The minimum absolute atomic E-state index is 0.398. The largest absolute Gasteiger partial charge is 0.459 e. The van der Waals surface area contributed by atoms with Crippen LogP contribution in [0.1, 0.15) is 32.4 Å². The lowest BCUT2D eigenvalue weighted by Crippen LogP contribution is -2.25. The quantitative estimate of drug-likeness (QED) is 0.614. The van der Waals surface area contributed by atoms with Crippen LogP contribution in [0, 0.1) is 0 Å². The first-order valence-electron chi connectivity index (χ1n) is 5.92. The Morgan fingerprint density at radius 2 is 1.58 bits per heavy atom. The molecule has 1 aromatic rings. The van der Waals surface area contributed by atoms with Crippen LogP contribution in [0.2, 0.25) is 0 Å². The number of benzene rings is 1. The zero-order valence-corrected chi connectivity index (χ0v) is 12.3. The zero-order valence-electron chi connectivity index (χ0n) is 11.5. The summed E-state index contributed by atoms with van der Waals surface area (Å²) < 4.78 is 10.4. The van der Waals surface area contributed by atoms with Crippen molar-refractivity contribution in [2.45, 2.75) is 37.9 Å². The predicted octanol–water partition coefficient (Wildman–Crippen LogP) is 2.96. The van der Waals surface area contributed by atoms with E-state index in [4.69, 9.17) is 9.47 Å². The first-order valence-corrected chi connectivity index (χ1v) is 7.15. The van der Waals surface area contributed by atoms with Crippen molar-refractivity contribution in [2.75, 3.05) is 6.26 Å². The van der Waals surface area contributed by atoms with Gasteiger partial charge in [0, 0.05) is 18.7 Å². The Bertz CT molecular complexity index is 441. The second-order valence-electron chi connectivity index (χ2n) is 4.12. The van der Waals surface area contributed by atoms with Crippen LogP contribution in [0.25, 0.3) is 0 Å². The summed E-state index contributed by atoms with van der Waals surface area (Å²) in [6.07, 6.45) is 0.874. The summed E-state index contributed by atoms with van der Waals surface area (Å²) in [5.41, 5.74) is 0.807. The van der Waals surface area contributed by atoms with Crippen molar-refractivity contribution in [3.63, 3.8) is 0 Å². The Morgan fingerprint density at radius 3 is 2.00 bits per heavy atom. The summed E-state index contributed by atoms with van der Waals surface area (Å²) in [4.78, 5) is 23.3. The number of thioether (sulfide) groups is 1. The summed E-state index contributed by atoms with van der Waals surface area (Å²) in [6.45, 7) is 4.37. The minimum atomic E-state index is -0.586. The van der Waals surface area contributed by atoms with Gasteiger partial charge in [0.15, 0.2) is 6.10 Å². The molecule has 0 aliphatic carbocycles. The van der Waals surface area contributed by atoms with Gasteiger partial charge in [-0.05, 0) is 30.9 Å². The van der Waals surface area contributed by atoms with Gasteiger partial charge in [-0.2, -0.15) is 0 Å². The molecule has 0 fully saturated rings. The molecule has 0 saturated heterocycles. The van der Waals surface area contributed by atoms with Crippen LogP contribution in [0.3, 0.4) is 0 Å². The van der Waals surface area contributed by atoms with Crippen molar-refractivity contribution < 1.29 is 19.1 Å². The minimum Gasteiger partial charge on any atom is -0.459 e. The van der Waals surface area contributed by atoms with Gasteiger partial charge in [0.2, 0.25) is 0 Å². The molecule has 0 radical (unpaired) electrons. The van der Waals surface area contributed by atoms with Crippen LogP contribution >= 0.6 is 11.8 Å². The molecule has 0 spiro atoms. The average molecular weight is 282 g/mol. The molecule has 1 rings (SSSR count). The third kappa shape index (κ3) is 4.95. The standard InChI is InChI=1S/C14H18O4S/c1-9(17-10(2)15)14(18-11(3)16)12-5-7-13(19-4)8-6-12/h5-9,14H,1-4H3. The lowest BCUT2D eigenvalue weighted by Gasteiger charge is -2.23. The number of hydrogen-bond donors (Lipinski definition) is 0. The molecule has 0 N–H and O–H groups in total. The molecule has 5 heteroatoms. The maximum atomic E-state index is 11.2. The highest BCUT2D eigenvalue weighted by molar-refractivity contribution is 7.98. The van der Waals surface area contributed by atoms with Gasteiger partial charge in [0.05, 0.1) is 0 Å². The summed E-state index contributed by atoms with van der Waals surface area (Å²) in [7, 11) is 0. The highest BCUT2D eigenvalue weighted by Gasteiger charge is 2.24. The maximum absolute atomic E-state index is 11.2. The number of hydrogen-bond acceptors (Lipinski definition) is 5. The molecular formula is C14H18O4S. The Labute approximate surface area is 117 Å². The van der Waals surface area contributed by atoms with E-state index in [1.165, 1.54) is 13.8 Å². The van der Waals surface area contributed by atoms with Gasteiger partial charge in [-0.25, -0.2) is 0 Å². The van der Waals surface area contributed by atoms with E-state index in [1.54, 1.807) is 18.7 Å². The molecule has 0 amide bonds. The van der Waals surface area contributed by atoms with E-state index in [2.05, 4.69) is 0 Å². The smallest absolute Gasteiger partial charge is 0.303 e. The monoisotopic (exact) mass is 282 g/mol. The Hall–Kier alpha value is -1.49. The Morgan fingerprint density at radius 1 is 1.05 bits per heavy atom. The third-order valence-corrected chi connectivity index (χ3v) is 3.26. The Balaban J connectivity index is 2.93. The molecule has 0 saturated carbocycles. The molecule has 2 unspecified atom stereocenters. The molecule has 0 aliphatic rings. The lowest BCUT2D eigenvalue weighted by atomic mass is 10.1. The number of carbonyl (C=O) groups excluding carboxylic acids is 2. The summed E-state index contributed by atoms with van der Waals surface area (Å²) >= 11 is 1.63. The van der Waals surface area contributed by atoms with Gasteiger partial charge >= 0.3 is 11.9 Å². The number of carbonyl (C=O) groups is 2. The molecule has 0 bridgehead atoms. The van der Waals surface area contributed by atoms with E-state index < -0.39 is 24.1 Å². The third-order valence-electron chi connectivity index (χ3n) is 2.52. The normalized spacial score (nSPS) is 13.5. The first kappa shape index (κ1) is 15.6. The van der Waals surface area contributed by atoms with E-state index in [0.717, 1.165) is 10.5 Å². The summed E-state index contributed by atoms with van der Waals surface area (Å²) in [6, 6.07) is 7.63. The van der Waals surface area contributed by atoms with E-state index in [9.17, 15) is 9.59 Å². The van der Waals surface area contributed by atoms with Gasteiger partial charge in [0.1, 0.15) is 6.10 Å². The predicted molar refractivity (Wildman–Crippen MR) is 74.0 cm³/mol. The lowest BCUT2D eigenvalue weighted by molar-refractivity contribution is -0.164. The van der Waals surface area contributed by atoms with E-state index in [0.29, 0.717) is 0 Å². The zero-order chi connectivity index (χ0) is 14.4. The molecule has 0 heterocycles. The molecule has 0 aliphatic heterocycles. The van der Waals surface area contributed by atoms with Crippen LogP contribution in [0.4, 0.5) is 0 Å². The number of ether oxygens (including phenoxy) is 2. The highest BCUT2D eigenvalue weighted by atomic mass is 32.2. The second kappa shape index (κ2) is 7.19. The first-order chi connectivity index (χ1) is 8.93. The van der Waals surface area contributed by atoms with Gasteiger partial charge in [-0.3, -0.25) is 9.59 Å². The topological polar surface area (TPSA) is 52.6 Å². The van der Waals surface area contributed by atoms with Crippen LogP contribution in [-0.4, -0.2) is 24.3 Å². The molecule has 19 heavy (non-hydrogen) atoms. The van der Waals surface area contributed by atoms with Crippen LogP contribution in [-0.2, 0) is 19.1 Å². The highest BCUT2D eigenvalue weighted by Crippen LogP contribution is 2.26. The van der Waals surface area contributed by atoms with E-state index >= 15 is 0 Å². The van der Waals surface area contributed by atoms with E-state index in [-0.39, 0.29) is 0 Å². The fourth-order valence-electron chi connectivity index (χ4n) is 1.73. The van der Waals surface area contributed by atoms with Gasteiger partial charge in [-0.15, -0.1) is 11.8 Å². The molecular weight excluding hydrogens is 264 g/mol. The molecule has 1 aromatic carbocycles. The van der Waals surface area contributed by atoms with Gasteiger partial charge < -0.3 is 9.47 Å². The van der Waals surface area contributed by atoms with Crippen molar-refractivity contribution in [1.29, 1.82) is 0 Å². The van der Waals surface area contributed by atoms with Crippen molar-refractivity contribution in [3.8, 4) is 0 Å². The van der Waals surface area contributed by atoms with Crippen LogP contribution in [0.5, 0.6) is 0 Å². The fraction of sp³-hybridized carbons (Fsp3) is 0.429. The Kier molecular flexibility index (Phi) is 5.89. The summed E-state index contributed by atoms with van der Waals surface area (Å²) in [5.74, 6) is -0.802. The van der Waals surface area contributed by atoms with Crippen LogP contribution < -0.4 is 0 Å². The molecule has 104 valence electrons. The van der Waals surface area contributed by atoms with Gasteiger partial charge in [-0.1, -0.05) is 12.1 Å². The van der Waals surface area contributed by atoms with Gasteiger partial charge in [0.25, 0.3) is 0 Å². The molecule has 4 nitrogen and oxygen atoms in total. The average Bonchev–Trinajstić information content (AvgIpc) is 2.35. The number of rotatable bonds is 5. The van der Waals surface area contributed by atoms with E-state index in [1.807, 2.05) is 30.5 Å². The second-order valence-corrected chi connectivity index (χ2v) is 5.00. The summed E-state index contributed by atoms with van der Waals surface area (Å²) in [5, 5.41) is 0. The van der Waals surface area contributed by atoms with Crippen molar-refractivity contribution in [1.82, 2.24) is 0 Å². The molecule has 0 aromatic heterocycles. The fourth-order valence-corrected chi connectivity index (χ4v) is 2.14. The van der Waals surface area contributed by atoms with Crippen molar-refractivity contribution >= 4 is 23.7 Å². The number of esters is 2. The SMILES string of the molecule is CSc1ccc(C(OC(C)=O)C(C)OC(C)=O)cc1. The maximum Gasteiger partial charge on any atom is 0.303 e. The van der Waals surface area contributed by atoms with Crippen LogP contribution in [0.15, 0.2) is 29.2 Å². The van der Waals surface area contributed by atoms with Crippen molar-refractivity contribution in [2.24, 2.45) is 0 Å².